The van der Waals surface area contributed by atoms with Crippen molar-refractivity contribution in [2.75, 3.05) is 0 Å². The van der Waals surface area contributed by atoms with E-state index in [4.69, 9.17) is 0 Å². The quantitative estimate of drug-likeness (QED) is 0.239. The molecule has 0 aliphatic rings. The first kappa shape index (κ1) is 19.5. The number of halogens is 10. The minimum absolute atomic E-state index is 0.0589. The molecule has 0 aliphatic carbocycles. The third-order valence-corrected chi connectivity index (χ3v) is 3.10. The molecule has 0 fully saturated rings. The Labute approximate surface area is 137 Å². The molecule has 0 bridgehead atoms. The maximum Gasteiger partial charge on any atom is 0.200 e. The summed E-state index contributed by atoms with van der Waals surface area (Å²) in [6.45, 7) is 0. The Balaban J connectivity index is 2.57. The monoisotopic (exact) mass is 388 g/mol. The van der Waals surface area contributed by atoms with E-state index in [0.29, 0.717) is 0 Å². The third-order valence-electron chi connectivity index (χ3n) is 3.10. The van der Waals surface area contributed by atoms with Crippen molar-refractivity contribution >= 4 is 11.9 Å². The second kappa shape index (κ2) is 6.81. The lowest BCUT2D eigenvalue weighted by Crippen LogP contribution is -2.11. The van der Waals surface area contributed by atoms with Crippen molar-refractivity contribution in [1.82, 2.24) is 0 Å². The van der Waals surface area contributed by atoms with Gasteiger partial charge in [0.1, 0.15) is 0 Å². The van der Waals surface area contributed by atoms with Gasteiger partial charge in [0, 0.05) is 0 Å². The summed E-state index contributed by atoms with van der Waals surface area (Å²) in [5.74, 6) is -26.5. The van der Waals surface area contributed by atoms with Crippen LogP contribution in [0.15, 0.2) is 6.08 Å². The van der Waals surface area contributed by atoms with Gasteiger partial charge in [0.2, 0.25) is 11.6 Å². The van der Waals surface area contributed by atoms with Crippen molar-refractivity contribution in [3.05, 3.63) is 75.4 Å². The van der Waals surface area contributed by atoms with E-state index in [2.05, 4.69) is 0 Å². The van der Waals surface area contributed by atoms with Crippen molar-refractivity contribution in [3.63, 3.8) is 0 Å². The molecule has 0 atom stereocenters. The number of benzene rings is 2. The fourth-order valence-corrected chi connectivity index (χ4v) is 1.83. The second-order valence-corrected chi connectivity index (χ2v) is 4.63. The van der Waals surface area contributed by atoms with Gasteiger partial charge < -0.3 is 0 Å². The van der Waals surface area contributed by atoms with Crippen LogP contribution in [-0.4, -0.2) is 5.78 Å². The van der Waals surface area contributed by atoms with E-state index in [1.54, 1.807) is 0 Å². The van der Waals surface area contributed by atoms with Crippen LogP contribution in [0.3, 0.4) is 0 Å². The Morgan fingerprint density at radius 2 is 0.808 bits per heavy atom. The van der Waals surface area contributed by atoms with Crippen LogP contribution in [0.2, 0.25) is 0 Å². The van der Waals surface area contributed by atoms with Gasteiger partial charge in [0.15, 0.2) is 52.3 Å². The zero-order valence-electron chi connectivity index (χ0n) is 11.8. The van der Waals surface area contributed by atoms with Gasteiger partial charge in [-0.15, -0.1) is 0 Å². The first-order valence-corrected chi connectivity index (χ1v) is 6.25. The van der Waals surface area contributed by atoms with Crippen LogP contribution < -0.4 is 0 Å². The topological polar surface area (TPSA) is 17.1 Å². The van der Waals surface area contributed by atoms with Gasteiger partial charge in [-0.1, -0.05) is 0 Å². The third kappa shape index (κ3) is 2.93. The SMILES string of the molecule is O=C(/C=C/c1c(F)c(F)c(F)c(F)c1F)c1c(F)c(F)c(F)c(F)c1F. The van der Waals surface area contributed by atoms with Crippen molar-refractivity contribution in [1.29, 1.82) is 0 Å². The Hall–Kier alpha value is -2.85. The molecule has 0 unspecified atom stereocenters. The molecule has 2 rings (SSSR count). The zero-order valence-corrected chi connectivity index (χ0v) is 11.8. The highest BCUT2D eigenvalue weighted by Gasteiger charge is 2.29. The standard InChI is InChI=1S/C15H2F10O/c16-6-3(7(17)11(21)14(24)10(6)20)1-2-4(26)5-8(18)12(22)15(25)13(23)9(5)19/h1-2H/b2-1+. The second-order valence-electron chi connectivity index (χ2n) is 4.63. The average molecular weight is 388 g/mol. The summed E-state index contributed by atoms with van der Waals surface area (Å²) < 4.78 is 131. The van der Waals surface area contributed by atoms with Crippen LogP contribution in [0.1, 0.15) is 15.9 Å². The normalized spacial score (nSPS) is 11.5. The number of allylic oxidation sites excluding steroid dienone is 1. The molecule has 0 saturated heterocycles. The molecular formula is C15H2F10O. The maximum atomic E-state index is 13.4. The van der Waals surface area contributed by atoms with Crippen LogP contribution in [-0.2, 0) is 0 Å². The van der Waals surface area contributed by atoms with Gasteiger partial charge in [-0.2, -0.15) is 0 Å². The number of carbonyl (C=O) groups is 1. The Morgan fingerprint density at radius 3 is 1.19 bits per heavy atom. The molecule has 1 nitrogen and oxygen atoms in total. The number of carbonyl (C=O) groups excluding carboxylic acids is 1. The minimum Gasteiger partial charge on any atom is -0.289 e. The van der Waals surface area contributed by atoms with E-state index in [1.165, 1.54) is 0 Å². The smallest absolute Gasteiger partial charge is 0.200 e. The van der Waals surface area contributed by atoms with Crippen molar-refractivity contribution in [3.8, 4) is 0 Å². The first-order valence-electron chi connectivity index (χ1n) is 6.25. The average Bonchev–Trinajstić information content (AvgIpc) is 2.61. The summed E-state index contributed by atoms with van der Waals surface area (Å²) in [5, 5.41) is 0. The van der Waals surface area contributed by atoms with Crippen LogP contribution in [0.5, 0.6) is 0 Å². The Kier molecular flexibility index (Phi) is 5.10. The van der Waals surface area contributed by atoms with E-state index < -0.39 is 75.1 Å². The lowest BCUT2D eigenvalue weighted by molar-refractivity contribution is 0.103. The summed E-state index contributed by atoms with van der Waals surface area (Å²) in [4.78, 5) is 11.6. The van der Waals surface area contributed by atoms with Crippen LogP contribution >= 0.6 is 0 Å². The zero-order chi connectivity index (χ0) is 19.9. The Bertz CT molecular complexity index is 906. The maximum absolute atomic E-state index is 13.4. The van der Waals surface area contributed by atoms with Crippen molar-refractivity contribution < 1.29 is 48.7 Å². The van der Waals surface area contributed by atoms with Gasteiger partial charge in [-0.25, -0.2) is 43.9 Å². The highest BCUT2D eigenvalue weighted by molar-refractivity contribution is 6.07. The van der Waals surface area contributed by atoms with Crippen LogP contribution in [0.25, 0.3) is 6.08 Å². The molecule has 0 aromatic heterocycles. The minimum atomic E-state index is -2.56. The number of hydrogen-bond donors (Lipinski definition) is 0. The lowest BCUT2D eigenvalue weighted by atomic mass is 10.1. The van der Waals surface area contributed by atoms with E-state index in [-0.39, 0.29) is 12.2 Å². The predicted molar refractivity (Wildman–Crippen MR) is 65.8 cm³/mol. The van der Waals surface area contributed by atoms with Crippen molar-refractivity contribution in [2.24, 2.45) is 0 Å². The molecular weight excluding hydrogens is 386 g/mol. The first-order chi connectivity index (χ1) is 12.0. The molecule has 0 aliphatic heterocycles. The van der Waals surface area contributed by atoms with Gasteiger partial charge in [-0.05, 0) is 12.2 Å². The van der Waals surface area contributed by atoms with Crippen LogP contribution in [0, 0.1) is 58.2 Å². The van der Waals surface area contributed by atoms with Gasteiger partial charge in [0.05, 0.1) is 11.1 Å². The molecule has 2 aromatic carbocycles. The van der Waals surface area contributed by atoms with E-state index in [9.17, 15) is 48.7 Å². The molecule has 26 heavy (non-hydrogen) atoms. The van der Waals surface area contributed by atoms with Crippen LogP contribution in [0.4, 0.5) is 43.9 Å². The van der Waals surface area contributed by atoms with Gasteiger partial charge in [-0.3, -0.25) is 4.79 Å². The molecule has 2 aromatic rings. The molecule has 0 amide bonds. The summed E-state index contributed by atoms with van der Waals surface area (Å²) in [6.07, 6.45) is -0.173. The summed E-state index contributed by atoms with van der Waals surface area (Å²) in [7, 11) is 0. The largest absolute Gasteiger partial charge is 0.289 e. The summed E-state index contributed by atoms with van der Waals surface area (Å²) in [5.41, 5.74) is -3.62. The molecule has 0 N–H and O–H groups in total. The molecule has 0 saturated carbocycles. The Morgan fingerprint density at radius 1 is 0.500 bits per heavy atom. The molecule has 0 radical (unpaired) electrons. The van der Waals surface area contributed by atoms with E-state index in [1.807, 2.05) is 0 Å². The van der Waals surface area contributed by atoms with Crippen molar-refractivity contribution in [2.45, 2.75) is 0 Å². The highest BCUT2D eigenvalue weighted by Crippen LogP contribution is 2.26. The molecule has 11 heteroatoms. The number of rotatable bonds is 3. The summed E-state index contributed by atoms with van der Waals surface area (Å²) in [6, 6.07) is 0. The van der Waals surface area contributed by atoms with E-state index in [0.717, 1.165) is 0 Å². The highest BCUT2D eigenvalue weighted by atomic mass is 19.2. The van der Waals surface area contributed by atoms with Gasteiger partial charge in [0.25, 0.3) is 0 Å². The predicted octanol–water partition coefficient (Wildman–Crippen LogP) is 4.97. The fraction of sp³-hybridized carbons (Fsp3) is 0. The summed E-state index contributed by atoms with van der Waals surface area (Å²) >= 11 is 0. The fourth-order valence-electron chi connectivity index (χ4n) is 1.83. The number of hydrogen-bond acceptors (Lipinski definition) is 1. The lowest BCUT2D eigenvalue weighted by Gasteiger charge is -2.06. The van der Waals surface area contributed by atoms with E-state index >= 15 is 0 Å². The molecule has 138 valence electrons. The van der Waals surface area contributed by atoms with Gasteiger partial charge >= 0.3 is 0 Å². The number of ketones is 1. The molecule has 0 spiro atoms. The molecule has 0 heterocycles.